The third-order valence-corrected chi connectivity index (χ3v) is 12.0. The highest BCUT2D eigenvalue weighted by atomic mass is 35.5. The number of carbonyl (C=O) groups is 3. The van der Waals surface area contributed by atoms with E-state index in [2.05, 4.69) is 15.3 Å². The van der Waals surface area contributed by atoms with Gasteiger partial charge >= 0.3 is 17.9 Å². The van der Waals surface area contributed by atoms with Gasteiger partial charge in [0.1, 0.15) is 17.2 Å². The Balaban J connectivity index is 0.000000248. The van der Waals surface area contributed by atoms with E-state index >= 15 is 0 Å². The van der Waals surface area contributed by atoms with Crippen LogP contribution in [0.15, 0.2) is 182 Å². The molecule has 0 spiro atoms. The number of ether oxygens (including phenoxy) is 3. The lowest BCUT2D eigenvalue weighted by Gasteiger charge is -2.17. The summed E-state index contributed by atoms with van der Waals surface area (Å²) < 4.78 is 22.9. The van der Waals surface area contributed by atoms with E-state index in [0.29, 0.717) is 82.8 Å². The number of hydrogen-bond donors (Lipinski definition) is 3. The molecule has 18 heteroatoms. The lowest BCUT2D eigenvalue weighted by molar-refractivity contribution is -0.146. The first-order valence-electron chi connectivity index (χ1n) is 23.6. The Bertz CT molecular complexity index is 2980. The first kappa shape index (κ1) is 62.2. The Morgan fingerprint density at radius 3 is 0.859 bits per heavy atom. The van der Waals surface area contributed by atoms with Crippen LogP contribution in [0.1, 0.15) is 78.1 Å². The smallest absolute Gasteiger partial charge is 0.349 e. The summed E-state index contributed by atoms with van der Waals surface area (Å²) in [5.74, 6) is -1.94. The normalized spacial score (nSPS) is 11.5. The zero-order valence-electron chi connectivity index (χ0n) is 40.8. The first-order chi connectivity index (χ1) is 36.2. The highest BCUT2D eigenvalue weighted by Crippen LogP contribution is 2.38. The molecule has 0 saturated carbocycles. The molecule has 6 aromatic carbocycles. The third kappa shape index (κ3) is 16.3. The number of carboxylic acid groups (broad SMARTS) is 3. The van der Waals surface area contributed by atoms with Crippen LogP contribution in [0.2, 0.25) is 15.1 Å². The number of halogens is 3. The van der Waals surface area contributed by atoms with Crippen LogP contribution in [-0.2, 0) is 34.0 Å². The average Bonchev–Trinajstić information content (AvgIpc) is 4.23. The van der Waals surface area contributed by atoms with Gasteiger partial charge in [-0.1, -0.05) is 148 Å². The molecule has 15 nitrogen and oxygen atoms in total. The lowest BCUT2D eigenvalue weighted by atomic mass is 10.1. The Morgan fingerprint density at radius 1 is 0.410 bits per heavy atom. The van der Waals surface area contributed by atoms with Crippen molar-refractivity contribution < 1.29 is 43.9 Å². The van der Waals surface area contributed by atoms with Crippen LogP contribution in [0.3, 0.4) is 0 Å². The molecular formula is C60H63Cl3N6O9. The lowest BCUT2D eigenvalue weighted by Crippen LogP contribution is -2.18. The van der Waals surface area contributed by atoms with E-state index in [-0.39, 0.29) is 22.3 Å². The minimum Gasteiger partial charge on any atom is -0.478 e. The van der Waals surface area contributed by atoms with Crippen molar-refractivity contribution in [3.05, 3.63) is 214 Å². The second kappa shape index (κ2) is 29.8. The van der Waals surface area contributed by atoms with Gasteiger partial charge in [-0.3, -0.25) is 14.0 Å². The quantitative estimate of drug-likeness (QED) is 0.0737. The van der Waals surface area contributed by atoms with E-state index in [4.69, 9.17) is 49.0 Å². The zero-order chi connectivity index (χ0) is 53.4. The summed E-state index contributed by atoms with van der Waals surface area (Å²) in [6, 6.07) is 47.2. The number of aromatic nitrogens is 6. The molecule has 9 rings (SSSR count). The van der Waals surface area contributed by atoms with E-state index in [1.165, 1.54) is 0 Å². The summed E-state index contributed by atoms with van der Waals surface area (Å²) in [6.07, 6.45) is 2.21. The van der Waals surface area contributed by atoms with E-state index in [9.17, 15) is 29.7 Å². The summed E-state index contributed by atoms with van der Waals surface area (Å²) in [6.45, 7) is 8.17. The zero-order valence-corrected chi connectivity index (χ0v) is 43.0. The Kier molecular flexibility index (Phi) is 23.8. The second-order valence-corrected chi connectivity index (χ2v) is 17.6. The van der Waals surface area contributed by atoms with Crippen LogP contribution in [-0.4, -0.2) is 62.6 Å². The maximum Gasteiger partial charge on any atom is 0.349 e. The number of rotatable bonds is 18. The molecule has 0 aliphatic rings. The highest BCUT2D eigenvalue weighted by Gasteiger charge is 2.27. The number of aryl methyl sites for hydroxylation is 3. The maximum atomic E-state index is 11.7. The predicted octanol–water partition coefficient (Wildman–Crippen LogP) is 15.2. The van der Waals surface area contributed by atoms with E-state index < -0.39 is 36.2 Å². The number of hydrogen-bond acceptors (Lipinski definition) is 9. The van der Waals surface area contributed by atoms with Gasteiger partial charge in [-0.15, -0.1) is 0 Å². The second-order valence-electron chi connectivity index (χ2n) is 16.3. The molecule has 0 fully saturated rings. The number of nitrogens with zero attached hydrogens (tertiary/aromatic N) is 6. The molecule has 408 valence electrons. The number of aliphatic carboxylic acids is 3. The van der Waals surface area contributed by atoms with Gasteiger partial charge in [-0.25, -0.2) is 14.4 Å². The van der Waals surface area contributed by atoms with Crippen LogP contribution in [0.25, 0.3) is 33.8 Å². The van der Waals surface area contributed by atoms with E-state index in [1.807, 2.05) is 75.8 Å². The van der Waals surface area contributed by atoms with Crippen molar-refractivity contribution in [2.45, 2.75) is 81.0 Å². The van der Waals surface area contributed by atoms with Gasteiger partial charge in [0, 0.05) is 86.7 Å². The summed E-state index contributed by atoms with van der Waals surface area (Å²) >= 11 is 18.4. The molecule has 78 heavy (non-hydrogen) atoms. The van der Waals surface area contributed by atoms with Gasteiger partial charge in [0.25, 0.3) is 0 Å². The van der Waals surface area contributed by atoms with Gasteiger partial charge in [-0.2, -0.15) is 15.3 Å². The fourth-order valence-electron chi connectivity index (χ4n) is 7.51. The topological polar surface area (TPSA) is 193 Å². The standard InChI is InChI=1S/3C19H17ClN2O3.3CH4/c3*1-2-22-11-10-16(21-22)15-12-14(20)8-9-17(15)25-18(19(23)24)13-6-4-3-5-7-13;;;/h3*3-12,18H,2H2,1H3,(H,23,24);3*1H4. The van der Waals surface area contributed by atoms with E-state index in [0.717, 1.165) is 19.6 Å². The van der Waals surface area contributed by atoms with Crippen molar-refractivity contribution in [2.75, 3.05) is 0 Å². The summed E-state index contributed by atoms with van der Waals surface area (Å²) in [7, 11) is 0. The fourth-order valence-corrected chi connectivity index (χ4v) is 8.02. The minimum absolute atomic E-state index is 0. The summed E-state index contributed by atoms with van der Waals surface area (Å²) in [4.78, 5) is 35.1. The van der Waals surface area contributed by atoms with Crippen molar-refractivity contribution in [2.24, 2.45) is 0 Å². The molecule has 0 radical (unpaired) electrons. The van der Waals surface area contributed by atoms with Gasteiger partial charge < -0.3 is 29.5 Å². The molecule has 3 N–H and O–H groups in total. The van der Waals surface area contributed by atoms with Crippen molar-refractivity contribution in [3.63, 3.8) is 0 Å². The summed E-state index contributed by atoms with van der Waals surface area (Å²) in [5.41, 5.74) is 5.69. The highest BCUT2D eigenvalue weighted by molar-refractivity contribution is 6.31. The van der Waals surface area contributed by atoms with E-state index in [1.54, 1.807) is 141 Å². The van der Waals surface area contributed by atoms with Crippen LogP contribution in [0.5, 0.6) is 17.2 Å². The molecule has 0 bridgehead atoms. The molecule has 0 saturated heterocycles. The van der Waals surface area contributed by atoms with Crippen LogP contribution in [0, 0.1) is 0 Å². The molecule has 3 atom stereocenters. The largest absolute Gasteiger partial charge is 0.478 e. The molecular weight excluding hydrogens is 1060 g/mol. The van der Waals surface area contributed by atoms with Gasteiger partial charge in [0.15, 0.2) is 0 Å². The molecule has 3 aromatic heterocycles. The Hall–Kier alpha value is -8.37. The van der Waals surface area contributed by atoms with Crippen LogP contribution < -0.4 is 14.2 Å². The van der Waals surface area contributed by atoms with Crippen LogP contribution in [0.4, 0.5) is 0 Å². The Morgan fingerprint density at radius 2 is 0.654 bits per heavy atom. The van der Waals surface area contributed by atoms with Gasteiger partial charge in [-0.05, 0) is 93.6 Å². The van der Waals surface area contributed by atoms with Crippen molar-refractivity contribution in [1.82, 2.24) is 29.3 Å². The maximum absolute atomic E-state index is 11.7. The van der Waals surface area contributed by atoms with Gasteiger partial charge in [0.05, 0.1) is 17.1 Å². The molecule has 3 heterocycles. The molecule has 0 amide bonds. The Labute approximate surface area is 469 Å². The number of carboxylic acids is 3. The predicted molar refractivity (Wildman–Crippen MR) is 308 cm³/mol. The van der Waals surface area contributed by atoms with Crippen LogP contribution >= 0.6 is 34.8 Å². The molecule has 3 unspecified atom stereocenters. The van der Waals surface area contributed by atoms with Crippen molar-refractivity contribution >= 4 is 52.7 Å². The SMILES string of the molecule is C.C.C.CCn1ccc(-c2cc(Cl)ccc2OC(C(=O)O)c2ccccc2)n1.CCn1ccc(-c2cc(Cl)ccc2OC(C(=O)O)c2ccccc2)n1.CCn1ccc(-c2cc(Cl)ccc2OC(C(=O)O)c2ccccc2)n1. The first-order valence-corrected chi connectivity index (χ1v) is 24.7. The third-order valence-electron chi connectivity index (χ3n) is 11.3. The molecule has 9 aromatic rings. The number of benzene rings is 6. The monoisotopic (exact) mass is 1120 g/mol. The molecule has 0 aliphatic carbocycles. The average molecular weight is 1120 g/mol. The minimum atomic E-state index is -1.12. The molecule has 0 aliphatic heterocycles. The van der Waals surface area contributed by atoms with Gasteiger partial charge in [0.2, 0.25) is 18.3 Å². The summed E-state index contributed by atoms with van der Waals surface area (Å²) in [5, 5.41) is 43.7. The van der Waals surface area contributed by atoms with Crippen molar-refractivity contribution in [3.8, 4) is 51.0 Å². The fraction of sp³-hybridized carbons (Fsp3) is 0.200. The van der Waals surface area contributed by atoms with Crippen molar-refractivity contribution in [1.29, 1.82) is 0 Å².